The van der Waals surface area contributed by atoms with E-state index in [1.165, 1.54) is 25.7 Å². The maximum atomic E-state index is 12.0. The number of hydrogen-bond acceptors (Lipinski definition) is 3. The SMILES string of the molecule is CCn1ccnc(NC2CCCCCC2)c1=O. The molecule has 0 aromatic carbocycles. The molecule has 1 aliphatic rings. The first kappa shape index (κ1) is 12.1. The van der Waals surface area contributed by atoms with E-state index in [4.69, 9.17) is 0 Å². The molecule has 1 fully saturated rings. The Kier molecular flexibility index (Phi) is 4.18. The molecule has 4 heteroatoms. The quantitative estimate of drug-likeness (QED) is 0.818. The molecular weight excluding hydrogens is 214 g/mol. The molecule has 4 nitrogen and oxygen atoms in total. The van der Waals surface area contributed by atoms with Gasteiger partial charge in [-0.3, -0.25) is 4.79 Å². The van der Waals surface area contributed by atoms with Gasteiger partial charge >= 0.3 is 0 Å². The van der Waals surface area contributed by atoms with Gasteiger partial charge in [0.1, 0.15) is 0 Å². The van der Waals surface area contributed by atoms with Gasteiger partial charge < -0.3 is 9.88 Å². The lowest BCUT2D eigenvalue weighted by Gasteiger charge is -2.16. The van der Waals surface area contributed by atoms with Crippen molar-refractivity contribution in [3.05, 3.63) is 22.7 Å². The summed E-state index contributed by atoms with van der Waals surface area (Å²) in [6.07, 6.45) is 10.9. The lowest BCUT2D eigenvalue weighted by atomic mass is 10.1. The van der Waals surface area contributed by atoms with Crippen LogP contribution in [0.25, 0.3) is 0 Å². The molecule has 0 amide bonds. The van der Waals surface area contributed by atoms with Crippen LogP contribution in [0.15, 0.2) is 17.2 Å². The summed E-state index contributed by atoms with van der Waals surface area (Å²) in [4.78, 5) is 16.2. The molecule has 1 N–H and O–H groups in total. The molecule has 1 aromatic heterocycles. The van der Waals surface area contributed by atoms with Crippen LogP contribution in [0.4, 0.5) is 5.82 Å². The van der Waals surface area contributed by atoms with Gasteiger partial charge in [-0.15, -0.1) is 0 Å². The van der Waals surface area contributed by atoms with Crippen LogP contribution < -0.4 is 10.9 Å². The Balaban J connectivity index is 2.09. The first-order valence-electron chi connectivity index (χ1n) is 6.63. The fraction of sp³-hybridized carbons (Fsp3) is 0.692. The van der Waals surface area contributed by atoms with Crippen molar-refractivity contribution in [2.45, 2.75) is 58.0 Å². The predicted octanol–water partition coefficient (Wildman–Crippen LogP) is 2.40. The summed E-state index contributed by atoms with van der Waals surface area (Å²) in [5.41, 5.74) is -0.000697. The molecule has 0 radical (unpaired) electrons. The van der Waals surface area contributed by atoms with Crippen molar-refractivity contribution in [3.63, 3.8) is 0 Å². The van der Waals surface area contributed by atoms with Crippen molar-refractivity contribution >= 4 is 5.82 Å². The zero-order chi connectivity index (χ0) is 12.1. The number of rotatable bonds is 3. The fourth-order valence-corrected chi connectivity index (χ4v) is 2.41. The van der Waals surface area contributed by atoms with Crippen LogP contribution in [0.1, 0.15) is 45.4 Å². The third-order valence-electron chi connectivity index (χ3n) is 3.45. The van der Waals surface area contributed by atoms with E-state index < -0.39 is 0 Å². The Morgan fingerprint density at radius 1 is 1.35 bits per heavy atom. The van der Waals surface area contributed by atoms with Crippen LogP contribution in [0, 0.1) is 0 Å². The number of nitrogens with one attached hydrogen (secondary N) is 1. The summed E-state index contributed by atoms with van der Waals surface area (Å²) in [6, 6.07) is 0.422. The van der Waals surface area contributed by atoms with E-state index in [1.807, 2.05) is 6.92 Å². The average molecular weight is 235 g/mol. The van der Waals surface area contributed by atoms with E-state index >= 15 is 0 Å². The summed E-state index contributed by atoms with van der Waals surface area (Å²) >= 11 is 0. The highest BCUT2D eigenvalue weighted by Crippen LogP contribution is 2.19. The van der Waals surface area contributed by atoms with Crippen molar-refractivity contribution in [3.8, 4) is 0 Å². The summed E-state index contributed by atoms with van der Waals surface area (Å²) in [6.45, 7) is 2.66. The van der Waals surface area contributed by atoms with Gasteiger partial charge in [0.25, 0.3) is 5.56 Å². The molecule has 17 heavy (non-hydrogen) atoms. The lowest BCUT2D eigenvalue weighted by Crippen LogP contribution is -2.28. The molecule has 0 spiro atoms. The molecule has 1 saturated carbocycles. The minimum Gasteiger partial charge on any atom is -0.363 e. The second-order valence-corrected chi connectivity index (χ2v) is 4.70. The molecule has 0 atom stereocenters. The maximum absolute atomic E-state index is 12.0. The topological polar surface area (TPSA) is 46.9 Å². The zero-order valence-corrected chi connectivity index (χ0v) is 10.5. The molecule has 1 heterocycles. The van der Waals surface area contributed by atoms with Crippen LogP contribution in [0.3, 0.4) is 0 Å². The van der Waals surface area contributed by atoms with Crippen molar-refractivity contribution in [2.24, 2.45) is 0 Å². The first-order chi connectivity index (χ1) is 8.31. The average Bonchev–Trinajstić information content (AvgIpc) is 2.60. The molecule has 1 aliphatic carbocycles. The summed E-state index contributed by atoms with van der Waals surface area (Å²) in [5.74, 6) is 0.515. The van der Waals surface area contributed by atoms with E-state index in [0.29, 0.717) is 18.4 Å². The number of anilines is 1. The van der Waals surface area contributed by atoms with Crippen LogP contribution >= 0.6 is 0 Å². The molecule has 0 bridgehead atoms. The van der Waals surface area contributed by atoms with Gasteiger partial charge in [-0.2, -0.15) is 0 Å². The van der Waals surface area contributed by atoms with Gasteiger partial charge in [0.2, 0.25) is 0 Å². The van der Waals surface area contributed by atoms with Crippen molar-refractivity contribution < 1.29 is 0 Å². The van der Waals surface area contributed by atoms with Crippen LogP contribution in [0.5, 0.6) is 0 Å². The first-order valence-corrected chi connectivity index (χ1v) is 6.63. The van der Waals surface area contributed by atoms with Crippen LogP contribution in [-0.4, -0.2) is 15.6 Å². The van der Waals surface area contributed by atoms with Crippen molar-refractivity contribution in [1.82, 2.24) is 9.55 Å². The van der Waals surface area contributed by atoms with Crippen LogP contribution in [0.2, 0.25) is 0 Å². The smallest absolute Gasteiger partial charge is 0.293 e. The van der Waals surface area contributed by atoms with Gasteiger partial charge in [-0.1, -0.05) is 25.7 Å². The Morgan fingerprint density at radius 3 is 2.71 bits per heavy atom. The Hall–Kier alpha value is -1.32. The molecule has 1 aromatic rings. The Bertz CT molecular complexity index is 405. The summed E-state index contributed by atoms with van der Waals surface area (Å²) in [7, 11) is 0. The number of aromatic nitrogens is 2. The van der Waals surface area contributed by atoms with Gasteiger partial charge in [0, 0.05) is 25.0 Å². The van der Waals surface area contributed by atoms with Gasteiger partial charge in [-0.25, -0.2) is 4.98 Å². The molecule has 0 unspecified atom stereocenters. The van der Waals surface area contributed by atoms with E-state index in [9.17, 15) is 4.79 Å². The van der Waals surface area contributed by atoms with Crippen LogP contribution in [-0.2, 0) is 6.54 Å². The van der Waals surface area contributed by atoms with E-state index in [2.05, 4.69) is 10.3 Å². The zero-order valence-electron chi connectivity index (χ0n) is 10.5. The monoisotopic (exact) mass is 235 g/mol. The number of aryl methyl sites for hydroxylation is 1. The summed E-state index contributed by atoms with van der Waals surface area (Å²) < 4.78 is 1.69. The predicted molar refractivity (Wildman–Crippen MR) is 69.3 cm³/mol. The highest BCUT2D eigenvalue weighted by atomic mass is 16.1. The minimum atomic E-state index is -0.000697. The van der Waals surface area contributed by atoms with Gasteiger partial charge in [0.05, 0.1) is 0 Å². The lowest BCUT2D eigenvalue weighted by molar-refractivity contribution is 0.612. The third kappa shape index (κ3) is 3.08. The highest BCUT2D eigenvalue weighted by molar-refractivity contribution is 5.32. The minimum absolute atomic E-state index is 0.000697. The van der Waals surface area contributed by atoms with Gasteiger partial charge in [-0.05, 0) is 19.8 Å². The molecule has 0 saturated heterocycles. The van der Waals surface area contributed by atoms with E-state index in [-0.39, 0.29) is 5.56 Å². The molecule has 94 valence electrons. The normalized spacial score (nSPS) is 17.7. The van der Waals surface area contributed by atoms with E-state index in [0.717, 1.165) is 12.8 Å². The second kappa shape index (κ2) is 5.84. The summed E-state index contributed by atoms with van der Waals surface area (Å²) in [5, 5.41) is 3.32. The highest BCUT2D eigenvalue weighted by Gasteiger charge is 2.14. The Morgan fingerprint density at radius 2 is 2.06 bits per heavy atom. The third-order valence-corrected chi connectivity index (χ3v) is 3.45. The standard InChI is InChI=1S/C13H21N3O/c1-2-16-10-9-14-12(13(16)17)15-11-7-5-3-4-6-8-11/h9-11H,2-8H2,1H3,(H,14,15). The molecule has 0 aliphatic heterocycles. The molecule has 2 rings (SSSR count). The van der Waals surface area contributed by atoms with Crippen molar-refractivity contribution in [1.29, 1.82) is 0 Å². The fourth-order valence-electron chi connectivity index (χ4n) is 2.41. The van der Waals surface area contributed by atoms with E-state index in [1.54, 1.807) is 17.0 Å². The second-order valence-electron chi connectivity index (χ2n) is 4.70. The van der Waals surface area contributed by atoms with Crippen molar-refractivity contribution in [2.75, 3.05) is 5.32 Å². The van der Waals surface area contributed by atoms with Gasteiger partial charge in [0.15, 0.2) is 5.82 Å². The largest absolute Gasteiger partial charge is 0.363 e. The number of nitrogens with zero attached hydrogens (tertiary/aromatic N) is 2. The Labute approximate surface area is 102 Å². The molecular formula is C13H21N3O. The maximum Gasteiger partial charge on any atom is 0.293 e. The number of hydrogen-bond donors (Lipinski definition) is 1.